The Bertz CT molecular complexity index is 1140. The van der Waals surface area contributed by atoms with Crippen LogP contribution in [-0.4, -0.2) is 32.5 Å². The fourth-order valence-electron chi connectivity index (χ4n) is 2.87. The number of rotatable bonds is 7. The van der Waals surface area contributed by atoms with E-state index < -0.39 is 22.0 Å². The quantitative estimate of drug-likeness (QED) is 0.594. The van der Waals surface area contributed by atoms with Crippen LogP contribution in [0.25, 0.3) is 10.2 Å². The molecule has 0 aliphatic carbocycles. The Labute approximate surface area is 174 Å². The van der Waals surface area contributed by atoms with Gasteiger partial charge in [-0.3, -0.25) is 4.79 Å². The van der Waals surface area contributed by atoms with E-state index in [1.807, 2.05) is 6.92 Å². The Hall–Kier alpha value is -2.49. The van der Waals surface area contributed by atoms with Crippen LogP contribution in [0.2, 0.25) is 0 Å². The summed E-state index contributed by atoms with van der Waals surface area (Å²) in [6.45, 7) is 5.43. The summed E-state index contributed by atoms with van der Waals surface area (Å²) in [5.41, 5.74) is 1.23. The molecule has 1 atom stereocenters. The maximum absolute atomic E-state index is 12.9. The van der Waals surface area contributed by atoms with Gasteiger partial charge in [0, 0.05) is 0 Å². The highest BCUT2D eigenvalue weighted by Crippen LogP contribution is 2.26. The molecule has 0 bridgehead atoms. The van der Waals surface area contributed by atoms with E-state index in [0.717, 1.165) is 15.2 Å². The average Bonchev–Trinajstić information content (AvgIpc) is 3.05. The number of ether oxygens (including phenoxy) is 1. The van der Waals surface area contributed by atoms with Gasteiger partial charge in [0.2, 0.25) is 15.9 Å². The summed E-state index contributed by atoms with van der Waals surface area (Å²) in [4.78, 5) is 17.3. The monoisotopic (exact) mass is 433 g/mol. The lowest BCUT2D eigenvalue weighted by Crippen LogP contribution is -2.47. The molecule has 154 valence electrons. The minimum Gasteiger partial charge on any atom is -0.495 e. The molecule has 0 aliphatic rings. The molecule has 29 heavy (non-hydrogen) atoms. The van der Waals surface area contributed by atoms with Crippen molar-refractivity contribution in [3.63, 3.8) is 0 Å². The number of hydrogen-bond donors (Lipinski definition) is 2. The number of methoxy groups -OCH3 is 1. The van der Waals surface area contributed by atoms with Crippen molar-refractivity contribution in [3.8, 4) is 5.75 Å². The van der Waals surface area contributed by atoms with Crippen molar-refractivity contribution in [3.05, 3.63) is 47.5 Å². The summed E-state index contributed by atoms with van der Waals surface area (Å²) in [6, 6.07) is 10.8. The zero-order chi connectivity index (χ0) is 21.2. The van der Waals surface area contributed by atoms with Crippen LogP contribution in [0.4, 0.5) is 5.69 Å². The number of hydrogen-bond acceptors (Lipinski definition) is 6. The van der Waals surface area contributed by atoms with E-state index in [-0.39, 0.29) is 10.8 Å². The standard InChI is InChI=1S/C20H23N3O4S2/c1-12(2)19(20(24)22-15-7-5-6-8-17(15)27-4)23-29(25,26)14-9-10-16-18(11-14)28-13(3)21-16/h5-12,19,23H,1-4H3,(H,22,24)/t19-/m1/s1. The van der Waals surface area contributed by atoms with Gasteiger partial charge in [0.15, 0.2) is 0 Å². The third-order valence-electron chi connectivity index (χ3n) is 4.37. The summed E-state index contributed by atoms with van der Waals surface area (Å²) >= 11 is 1.42. The second kappa shape index (κ2) is 8.48. The molecule has 0 aliphatic heterocycles. The zero-order valence-corrected chi connectivity index (χ0v) is 18.2. The highest BCUT2D eigenvalue weighted by atomic mass is 32.2. The molecular weight excluding hydrogens is 410 g/mol. The number of fused-ring (bicyclic) bond motifs is 1. The van der Waals surface area contributed by atoms with Crippen LogP contribution in [0.3, 0.4) is 0 Å². The Morgan fingerprint density at radius 2 is 1.90 bits per heavy atom. The van der Waals surface area contributed by atoms with Crippen molar-refractivity contribution < 1.29 is 17.9 Å². The van der Waals surface area contributed by atoms with Crippen LogP contribution < -0.4 is 14.8 Å². The van der Waals surface area contributed by atoms with E-state index in [1.54, 1.807) is 50.2 Å². The lowest BCUT2D eigenvalue weighted by molar-refractivity contribution is -0.118. The van der Waals surface area contributed by atoms with Gasteiger partial charge >= 0.3 is 0 Å². The number of nitrogens with zero attached hydrogens (tertiary/aromatic N) is 1. The Balaban J connectivity index is 1.85. The zero-order valence-electron chi connectivity index (χ0n) is 16.6. The van der Waals surface area contributed by atoms with E-state index in [0.29, 0.717) is 11.4 Å². The van der Waals surface area contributed by atoms with Crippen molar-refractivity contribution >= 4 is 43.2 Å². The van der Waals surface area contributed by atoms with E-state index >= 15 is 0 Å². The summed E-state index contributed by atoms with van der Waals surface area (Å²) in [5, 5.41) is 3.61. The maximum Gasteiger partial charge on any atom is 0.242 e. The number of amides is 1. The summed E-state index contributed by atoms with van der Waals surface area (Å²) in [7, 11) is -2.40. The van der Waals surface area contributed by atoms with E-state index in [9.17, 15) is 13.2 Å². The molecule has 9 heteroatoms. The highest BCUT2D eigenvalue weighted by molar-refractivity contribution is 7.89. The van der Waals surface area contributed by atoms with Crippen LogP contribution >= 0.6 is 11.3 Å². The number of nitrogens with one attached hydrogen (secondary N) is 2. The summed E-state index contributed by atoms with van der Waals surface area (Å²) < 4.78 is 34.5. The van der Waals surface area contributed by atoms with Crippen LogP contribution in [-0.2, 0) is 14.8 Å². The molecule has 0 saturated carbocycles. The van der Waals surface area contributed by atoms with Crippen molar-refractivity contribution in [2.75, 3.05) is 12.4 Å². The first-order chi connectivity index (χ1) is 13.7. The Morgan fingerprint density at radius 1 is 1.17 bits per heavy atom. The molecule has 7 nitrogen and oxygen atoms in total. The van der Waals surface area contributed by atoms with Gasteiger partial charge in [-0.25, -0.2) is 13.4 Å². The van der Waals surface area contributed by atoms with Gasteiger partial charge in [-0.15, -0.1) is 11.3 Å². The second-order valence-electron chi connectivity index (χ2n) is 6.89. The SMILES string of the molecule is COc1ccccc1NC(=O)[C@H](NS(=O)(=O)c1ccc2nc(C)sc2c1)C(C)C. The topological polar surface area (TPSA) is 97.4 Å². The van der Waals surface area contributed by atoms with E-state index in [4.69, 9.17) is 4.74 Å². The lowest BCUT2D eigenvalue weighted by Gasteiger charge is -2.22. The lowest BCUT2D eigenvalue weighted by atomic mass is 10.0. The second-order valence-corrected chi connectivity index (χ2v) is 9.84. The highest BCUT2D eigenvalue weighted by Gasteiger charge is 2.29. The van der Waals surface area contributed by atoms with Crippen molar-refractivity contribution in [1.29, 1.82) is 0 Å². The first kappa shape index (κ1) is 21.2. The van der Waals surface area contributed by atoms with Crippen LogP contribution in [0.15, 0.2) is 47.4 Å². The van der Waals surface area contributed by atoms with E-state index in [2.05, 4.69) is 15.0 Å². The molecule has 0 saturated heterocycles. The van der Waals surface area contributed by atoms with Gasteiger partial charge in [-0.2, -0.15) is 4.72 Å². The molecule has 0 spiro atoms. The molecule has 0 radical (unpaired) electrons. The number of sulfonamides is 1. The summed E-state index contributed by atoms with van der Waals surface area (Å²) in [6.07, 6.45) is 0. The minimum absolute atomic E-state index is 0.101. The van der Waals surface area contributed by atoms with Gasteiger partial charge in [0.25, 0.3) is 0 Å². The van der Waals surface area contributed by atoms with Crippen molar-refractivity contribution in [2.45, 2.75) is 31.7 Å². The van der Waals surface area contributed by atoms with Crippen LogP contribution in [0, 0.1) is 12.8 Å². The number of aryl methyl sites for hydroxylation is 1. The third kappa shape index (κ3) is 4.75. The molecule has 3 aromatic rings. The first-order valence-electron chi connectivity index (χ1n) is 9.04. The smallest absolute Gasteiger partial charge is 0.242 e. The summed E-state index contributed by atoms with van der Waals surface area (Å²) in [5.74, 6) is -0.228. The van der Waals surface area contributed by atoms with Crippen LogP contribution in [0.1, 0.15) is 18.9 Å². The molecule has 3 rings (SSSR count). The molecule has 0 fully saturated rings. The molecule has 1 heterocycles. The van der Waals surface area contributed by atoms with Gasteiger partial charge in [-0.1, -0.05) is 26.0 Å². The van der Waals surface area contributed by atoms with Crippen LogP contribution in [0.5, 0.6) is 5.75 Å². The van der Waals surface area contributed by atoms with E-state index in [1.165, 1.54) is 24.5 Å². The number of anilines is 1. The molecule has 0 unspecified atom stereocenters. The third-order valence-corrected chi connectivity index (χ3v) is 6.75. The predicted octanol–water partition coefficient (Wildman–Crippen LogP) is 3.55. The number of carbonyl (C=O) groups is 1. The van der Waals surface area contributed by atoms with Gasteiger partial charge in [-0.05, 0) is 43.2 Å². The number of carbonyl (C=O) groups excluding carboxylic acids is 1. The van der Waals surface area contributed by atoms with Gasteiger partial charge in [0.1, 0.15) is 11.8 Å². The molecule has 2 N–H and O–H groups in total. The fourth-order valence-corrected chi connectivity index (χ4v) is 5.18. The normalized spacial score (nSPS) is 12.9. The number of aromatic nitrogens is 1. The fraction of sp³-hybridized carbons (Fsp3) is 0.300. The number of benzene rings is 2. The largest absolute Gasteiger partial charge is 0.495 e. The molecule has 1 aromatic heterocycles. The first-order valence-corrected chi connectivity index (χ1v) is 11.3. The Kier molecular flexibility index (Phi) is 6.21. The molecular formula is C20H23N3O4S2. The van der Waals surface area contributed by atoms with Gasteiger partial charge < -0.3 is 10.1 Å². The molecule has 2 aromatic carbocycles. The number of thiazole rings is 1. The van der Waals surface area contributed by atoms with Crippen molar-refractivity contribution in [1.82, 2.24) is 9.71 Å². The van der Waals surface area contributed by atoms with Crippen molar-refractivity contribution in [2.24, 2.45) is 5.92 Å². The average molecular weight is 434 g/mol. The Morgan fingerprint density at radius 3 is 2.59 bits per heavy atom. The van der Waals surface area contributed by atoms with Gasteiger partial charge in [0.05, 0.1) is 32.9 Å². The maximum atomic E-state index is 12.9. The number of para-hydroxylation sites is 2. The minimum atomic E-state index is -3.90. The molecule has 1 amide bonds. The predicted molar refractivity (Wildman–Crippen MR) is 115 cm³/mol.